The Morgan fingerprint density at radius 2 is 2.09 bits per heavy atom. The van der Waals surface area contributed by atoms with Crippen molar-refractivity contribution in [2.45, 2.75) is 45.3 Å². The van der Waals surface area contributed by atoms with Crippen molar-refractivity contribution >= 4 is 17.6 Å². The van der Waals surface area contributed by atoms with Gasteiger partial charge in [0.1, 0.15) is 11.4 Å². The standard InChI is InChI=1S/C15H22N4O4/c1-15(2,3)23-14(20)18-8-5-11(6-9-18)17-13-10-12(19(21)22)4-7-16-13/h4,7,10-11H,5-6,8-9H2,1-3H3,(H,16,17). The molecular weight excluding hydrogens is 300 g/mol. The van der Waals surface area contributed by atoms with E-state index in [1.165, 1.54) is 18.3 Å². The van der Waals surface area contributed by atoms with Crippen molar-refractivity contribution in [2.24, 2.45) is 0 Å². The lowest BCUT2D eigenvalue weighted by Gasteiger charge is -2.33. The van der Waals surface area contributed by atoms with E-state index in [1.54, 1.807) is 4.90 Å². The van der Waals surface area contributed by atoms with Gasteiger partial charge in [-0.1, -0.05) is 0 Å². The number of amides is 1. The summed E-state index contributed by atoms with van der Waals surface area (Å²) >= 11 is 0. The van der Waals surface area contributed by atoms with Crippen LogP contribution in [0, 0.1) is 10.1 Å². The third-order valence-corrected chi connectivity index (χ3v) is 3.45. The third-order valence-electron chi connectivity index (χ3n) is 3.45. The fourth-order valence-electron chi connectivity index (χ4n) is 2.35. The van der Waals surface area contributed by atoms with Gasteiger partial charge in [-0.2, -0.15) is 0 Å². The molecule has 0 saturated carbocycles. The largest absolute Gasteiger partial charge is 0.444 e. The lowest BCUT2D eigenvalue weighted by Crippen LogP contribution is -2.44. The predicted octanol–water partition coefficient (Wildman–Crippen LogP) is 2.80. The van der Waals surface area contributed by atoms with Gasteiger partial charge in [0.2, 0.25) is 0 Å². The first kappa shape index (κ1) is 17.0. The number of nitro groups is 1. The van der Waals surface area contributed by atoms with E-state index in [0.29, 0.717) is 18.9 Å². The molecule has 8 heteroatoms. The van der Waals surface area contributed by atoms with Gasteiger partial charge in [0.25, 0.3) is 5.69 Å². The molecule has 0 spiro atoms. The molecule has 1 amide bonds. The third kappa shape index (κ3) is 5.08. The summed E-state index contributed by atoms with van der Waals surface area (Å²) in [6.07, 6.45) is 2.59. The maximum absolute atomic E-state index is 12.0. The van der Waals surface area contributed by atoms with Crippen LogP contribution in [0.4, 0.5) is 16.3 Å². The van der Waals surface area contributed by atoms with E-state index in [1.807, 2.05) is 20.8 Å². The highest BCUT2D eigenvalue weighted by Crippen LogP contribution is 2.20. The number of anilines is 1. The second-order valence-corrected chi connectivity index (χ2v) is 6.54. The van der Waals surface area contributed by atoms with Crippen molar-refractivity contribution in [1.82, 2.24) is 9.88 Å². The monoisotopic (exact) mass is 322 g/mol. The number of hydrogen-bond donors (Lipinski definition) is 1. The van der Waals surface area contributed by atoms with Crippen LogP contribution in [0.1, 0.15) is 33.6 Å². The molecule has 0 aromatic carbocycles. The number of nitrogens with one attached hydrogen (secondary N) is 1. The molecule has 1 aromatic rings. The smallest absolute Gasteiger partial charge is 0.410 e. The first-order valence-electron chi connectivity index (χ1n) is 7.59. The second kappa shape index (κ2) is 6.80. The maximum Gasteiger partial charge on any atom is 0.410 e. The van der Waals surface area contributed by atoms with Crippen molar-refractivity contribution in [2.75, 3.05) is 18.4 Å². The Labute approximate surface area is 135 Å². The average molecular weight is 322 g/mol. The molecule has 1 aromatic heterocycles. The zero-order valence-electron chi connectivity index (χ0n) is 13.6. The summed E-state index contributed by atoms with van der Waals surface area (Å²) in [5.41, 5.74) is -0.493. The Morgan fingerprint density at radius 1 is 1.43 bits per heavy atom. The molecule has 2 rings (SSSR count). The molecule has 1 aliphatic rings. The van der Waals surface area contributed by atoms with Gasteiger partial charge in [-0.15, -0.1) is 0 Å². The van der Waals surface area contributed by atoms with Gasteiger partial charge in [0.05, 0.1) is 11.0 Å². The number of nitrogens with zero attached hydrogens (tertiary/aromatic N) is 3. The van der Waals surface area contributed by atoms with Gasteiger partial charge in [0.15, 0.2) is 0 Å². The van der Waals surface area contributed by atoms with E-state index >= 15 is 0 Å². The summed E-state index contributed by atoms with van der Waals surface area (Å²) in [5.74, 6) is 0.481. The summed E-state index contributed by atoms with van der Waals surface area (Å²) in [6, 6.07) is 2.90. The number of rotatable bonds is 3. The molecule has 2 heterocycles. The zero-order chi connectivity index (χ0) is 17.0. The van der Waals surface area contributed by atoms with Crippen molar-refractivity contribution in [3.05, 3.63) is 28.4 Å². The van der Waals surface area contributed by atoms with Gasteiger partial charge < -0.3 is 15.0 Å². The Bertz CT molecular complexity index is 577. The Kier molecular flexibility index (Phi) is 5.02. The predicted molar refractivity (Wildman–Crippen MR) is 85.3 cm³/mol. The highest BCUT2D eigenvalue weighted by molar-refractivity contribution is 5.68. The molecule has 1 fully saturated rings. The van der Waals surface area contributed by atoms with Crippen molar-refractivity contribution in [3.63, 3.8) is 0 Å². The Morgan fingerprint density at radius 3 is 2.65 bits per heavy atom. The fraction of sp³-hybridized carbons (Fsp3) is 0.600. The number of hydrogen-bond acceptors (Lipinski definition) is 6. The van der Waals surface area contributed by atoms with Crippen LogP contribution < -0.4 is 5.32 Å². The molecule has 8 nitrogen and oxygen atoms in total. The van der Waals surface area contributed by atoms with Gasteiger partial charge in [-0.3, -0.25) is 10.1 Å². The quantitative estimate of drug-likeness (QED) is 0.679. The SMILES string of the molecule is CC(C)(C)OC(=O)N1CCC(Nc2cc([N+](=O)[O-])ccn2)CC1. The Balaban J connectivity index is 1.86. The molecule has 1 saturated heterocycles. The summed E-state index contributed by atoms with van der Waals surface area (Å²) < 4.78 is 5.35. The van der Waals surface area contributed by atoms with Crippen LogP contribution in [-0.2, 0) is 4.74 Å². The fourth-order valence-corrected chi connectivity index (χ4v) is 2.35. The summed E-state index contributed by atoms with van der Waals surface area (Å²) in [7, 11) is 0. The molecule has 0 bridgehead atoms. The van der Waals surface area contributed by atoms with Gasteiger partial charge >= 0.3 is 6.09 Å². The van der Waals surface area contributed by atoms with E-state index in [9.17, 15) is 14.9 Å². The first-order chi connectivity index (χ1) is 10.7. The lowest BCUT2D eigenvalue weighted by atomic mass is 10.1. The van der Waals surface area contributed by atoms with Crippen LogP contribution >= 0.6 is 0 Å². The topological polar surface area (TPSA) is 97.6 Å². The molecule has 0 aliphatic carbocycles. The van der Waals surface area contributed by atoms with Crippen molar-refractivity contribution in [1.29, 1.82) is 0 Å². The number of pyridine rings is 1. The molecule has 0 unspecified atom stereocenters. The van der Waals surface area contributed by atoms with Crippen LogP contribution in [0.15, 0.2) is 18.3 Å². The molecule has 0 atom stereocenters. The molecule has 1 aliphatic heterocycles. The van der Waals surface area contributed by atoms with Crippen LogP contribution in [0.2, 0.25) is 0 Å². The Hall–Kier alpha value is -2.38. The molecule has 1 N–H and O–H groups in total. The lowest BCUT2D eigenvalue weighted by molar-refractivity contribution is -0.384. The minimum absolute atomic E-state index is 0.00805. The van der Waals surface area contributed by atoms with Gasteiger partial charge in [-0.05, 0) is 33.6 Å². The van der Waals surface area contributed by atoms with E-state index < -0.39 is 10.5 Å². The van der Waals surface area contributed by atoms with Crippen LogP contribution in [0.3, 0.4) is 0 Å². The van der Waals surface area contributed by atoms with Crippen LogP contribution in [0.5, 0.6) is 0 Å². The number of likely N-dealkylation sites (tertiary alicyclic amines) is 1. The number of ether oxygens (including phenoxy) is 1. The van der Waals surface area contributed by atoms with E-state index in [2.05, 4.69) is 10.3 Å². The number of aromatic nitrogens is 1. The number of carbonyl (C=O) groups is 1. The second-order valence-electron chi connectivity index (χ2n) is 6.54. The van der Waals surface area contributed by atoms with Gasteiger partial charge in [-0.25, -0.2) is 9.78 Å². The average Bonchev–Trinajstić information content (AvgIpc) is 2.46. The van der Waals surface area contributed by atoms with Gasteiger partial charge in [0, 0.05) is 31.4 Å². The summed E-state index contributed by atoms with van der Waals surface area (Å²) in [4.78, 5) is 28.1. The normalized spacial score (nSPS) is 16.0. The van der Waals surface area contributed by atoms with Crippen LogP contribution in [0.25, 0.3) is 0 Å². The van der Waals surface area contributed by atoms with E-state index in [4.69, 9.17) is 4.74 Å². The van der Waals surface area contributed by atoms with Crippen molar-refractivity contribution < 1.29 is 14.5 Å². The minimum Gasteiger partial charge on any atom is -0.444 e. The molecular formula is C15H22N4O4. The summed E-state index contributed by atoms with van der Waals surface area (Å²) in [6.45, 7) is 6.69. The first-order valence-corrected chi connectivity index (χ1v) is 7.59. The summed E-state index contributed by atoms with van der Waals surface area (Å²) in [5, 5.41) is 14.0. The highest BCUT2D eigenvalue weighted by Gasteiger charge is 2.27. The van der Waals surface area contributed by atoms with Crippen molar-refractivity contribution in [3.8, 4) is 0 Å². The molecule has 126 valence electrons. The number of piperidine rings is 1. The highest BCUT2D eigenvalue weighted by atomic mass is 16.6. The molecule has 23 heavy (non-hydrogen) atoms. The number of carbonyl (C=O) groups excluding carboxylic acids is 1. The molecule has 0 radical (unpaired) electrons. The minimum atomic E-state index is -0.501. The van der Waals surface area contributed by atoms with E-state index in [-0.39, 0.29) is 17.8 Å². The van der Waals surface area contributed by atoms with E-state index in [0.717, 1.165) is 12.8 Å². The zero-order valence-corrected chi connectivity index (χ0v) is 13.6. The maximum atomic E-state index is 12.0. The van der Waals surface area contributed by atoms with Crippen LogP contribution in [-0.4, -0.2) is 45.6 Å².